The fourth-order valence-electron chi connectivity index (χ4n) is 2.37. The van der Waals surface area contributed by atoms with Crippen LogP contribution in [0.2, 0.25) is 5.02 Å². The first-order valence-corrected chi connectivity index (χ1v) is 8.00. The zero-order chi connectivity index (χ0) is 14.4. The minimum atomic E-state index is 0.182. The lowest BCUT2D eigenvalue weighted by molar-refractivity contribution is 0.301. The molecule has 1 fully saturated rings. The van der Waals surface area contributed by atoms with E-state index < -0.39 is 0 Å². The number of rotatable bonds is 9. The first-order valence-electron chi connectivity index (χ1n) is 7.62. The van der Waals surface area contributed by atoms with Crippen molar-refractivity contribution in [2.45, 2.75) is 45.2 Å². The molecule has 0 heterocycles. The summed E-state index contributed by atoms with van der Waals surface area (Å²) in [5.74, 6) is 0. The SMILES string of the molecule is CCCCN(CCO)c1ccc(Cl)cc1CNC1CC1. The topological polar surface area (TPSA) is 35.5 Å². The lowest BCUT2D eigenvalue weighted by Crippen LogP contribution is -2.29. The summed E-state index contributed by atoms with van der Waals surface area (Å²) in [5, 5.41) is 13.6. The van der Waals surface area contributed by atoms with E-state index in [4.69, 9.17) is 11.6 Å². The zero-order valence-electron chi connectivity index (χ0n) is 12.2. The van der Waals surface area contributed by atoms with E-state index >= 15 is 0 Å². The average molecular weight is 297 g/mol. The molecule has 2 N–H and O–H groups in total. The maximum atomic E-state index is 9.29. The monoisotopic (exact) mass is 296 g/mol. The molecule has 1 saturated carbocycles. The number of benzene rings is 1. The average Bonchev–Trinajstić information content (AvgIpc) is 3.26. The molecule has 4 heteroatoms. The molecule has 2 rings (SSSR count). The Hall–Kier alpha value is -0.770. The molecule has 0 bridgehead atoms. The number of nitrogens with zero attached hydrogens (tertiary/aromatic N) is 1. The molecule has 0 spiro atoms. The van der Waals surface area contributed by atoms with Crippen LogP contribution in [0.5, 0.6) is 0 Å². The molecule has 0 aliphatic heterocycles. The van der Waals surface area contributed by atoms with E-state index in [1.165, 1.54) is 24.1 Å². The van der Waals surface area contributed by atoms with Gasteiger partial charge in [-0.15, -0.1) is 0 Å². The van der Waals surface area contributed by atoms with Crippen molar-refractivity contribution in [1.29, 1.82) is 0 Å². The Morgan fingerprint density at radius 3 is 2.80 bits per heavy atom. The van der Waals surface area contributed by atoms with Crippen molar-refractivity contribution in [3.63, 3.8) is 0 Å². The third-order valence-corrected chi connectivity index (χ3v) is 3.93. The molecule has 0 amide bonds. The smallest absolute Gasteiger partial charge is 0.0606 e. The van der Waals surface area contributed by atoms with Crippen molar-refractivity contribution in [2.75, 3.05) is 24.6 Å². The van der Waals surface area contributed by atoms with E-state index in [-0.39, 0.29) is 6.61 Å². The lowest BCUT2D eigenvalue weighted by Gasteiger charge is -2.26. The maximum Gasteiger partial charge on any atom is 0.0606 e. The van der Waals surface area contributed by atoms with Crippen LogP contribution in [0.25, 0.3) is 0 Å². The van der Waals surface area contributed by atoms with Gasteiger partial charge in [0, 0.05) is 36.4 Å². The Bertz CT molecular complexity index is 421. The van der Waals surface area contributed by atoms with Gasteiger partial charge in [0.05, 0.1) is 6.61 Å². The molecule has 1 aromatic rings. The van der Waals surface area contributed by atoms with Crippen molar-refractivity contribution in [1.82, 2.24) is 5.32 Å². The summed E-state index contributed by atoms with van der Waals surface area (Å²) in [4.78, 5) is 2.27. The van der Waals surface area contributed by atoms with Gasteiger partial charge in [0.1, 0.15) is 0 Å². The molecule has 0 atom stereocenters. The van der Waals surface area contributed by atoms with E-state index in [9.17, 15) is 5.11 Å². The molecule has 1 aliphatic carbocycles. The van der Waals surface area contributed by atoms with Crippen LogP contribution in [0.4, 0.5) is 5.69 Å². The Morgan fingerprint density at radius 2 is 2.15 bits per heavy atom. The predicted octanol–water partition coefficient (Wildman–Crippen LogP) is 3.19. The maximum absolute atomic E-state index is 9.29. The number of aliphatic hydroxyl groups excluding tert-OH is 1. The Morgan fingerprint density at radius 1 is 1.35 bits per heavy atom. The molecule has 1 aliphatic rings. The van der Waals surface area contributed by atoms with Crippen molar-refractivity contribution >= 4 is 17.3 Å². The van der Waals surface area contributed by atoms with Crippen LogP contribution in [-0.4, -0.2) is 30.8 Å². The van der Waals surface area contributed by atoms with Gasteiger partial charge in [-0.3, -0.25) is 0 Å². The van der Waals surface area contributed by atoms with Gasteiger partial charge in [-0.2, -0.15) is 0 Å². The molecule has 112 valence electrons. The van der Waals surface area contributed by atoms with Gasteiger partial charge in [-0.1, -0.05) is 24.9 Å². The number of hydrogen-bond donors (Lipinski definition) is 2. The van der Waals surface area contributed by atoms with Crippen molar-refractivity contribution in [3.8, 4) is 0 Å². The van der Waals surface area contributed by atoms with Crippen LogP contribution in [0.1, 0.15) is 38.2 Å². The lowest BCUT2D eigenvalue weighted by atomic mass is 10.1. The number of anilines is 1. The molecular weight excluding hydrogens is 272 g/mol. The second-order valence-electron chi connectivity index (χ2n) is 5.49. The summed E-state index contributed by atoms with van der Waals surface area (Å²) >= 11 is 6.14. The van der Waals surface area contributed by atoms with Crippen LogP contribution in [0.15, 0.2) is 18.2 Å². The standard InChI is InChI=1S/C16H25ClN2O/c1-2-3-8-19(9-10-20)16-7-4-14(17)11-13(16)12-18-15-5-6-15/h4,7,11,15,18,20H,2-3,5-6,8-10,12H2,1H3. The number of hydrogen-bond acceptors (Lipinski definition) is 3. The van der Waals surface area contributed by atoms with E-state index in [0.717, 1.165) is 31.0 Å². The van der Waals surface area contributed by atoms with Gasteiger partial charge in [0.15, 0.2) is 0 Å². The summed E-state index contributed by atoms with van der Waals surface area (Å²) in [7, 11) is 0. The third-order valence-electron chi connectivity index (χ3n) is 3.69. The van der Waals surface area contributed by atoms with E-state index in [2.05, 4.69) is 23.2 Å². The minimum absolute atomic E-state index is 0.182. The first-order chi connectivity index (χ1) is 9.74. The molecule has 0 aromatic heterocycles. The second-order valence-corrected chi connectivity index (χ2v) is 5.93. The van der Waals surface area contributed by atoms with Crippen molar-refractivity contribution in [2.24, 2.45) is 0 Å². The molecule has 20 heavy (non-hydrogen) atoms. The number of aliphatic hydroxyl groups is 1. The quantitative estimate of drug-likeness (QED) is 0.734. The first kappa shape index (κ1) is 15.6. The van der Waals surface area contributed by atoms with Gasteiger partial charge in [0.25, 0.3) is 0 Å². The highest BCUT2D eigenvalue weighted by Crippen LogP contribution is 2.26. The highest BCUT2D eigenvalue weighted by atomic mass is 35.5. The van der Waals surface area contributed by atoms with Crippen LogP contribution in [-0.2, 0) is 6.54 Å². The summed E-state index contributed by atoms with van der Waals surface area (Å²) in [6.07, 6.45) is 4.86. The van der Waals surface area contributed by atoms with Crippen LogP contribution < -0.4 is 10.2 Å². The Labute approximate surface area is 126 Å². The second kappa shape index (κ2) is 7.87. The fourth-order valence-corrected chi connectivity index (χ4v) is 2.56. The minimum Gasteiger partial charge on any atom is -0.395 e. The predicted molar refractivity (Wildman–Crippen MR) is 85.5 cm³/mol. The highest BCUT2D eigenvalue weighted by molar-refractivity contribution is 6.30. The van der Waals surface area contributed by atoms with E-state index in [1.807, 2.05) is 12.1 Å². The van der Waals surface area contributed by atoms with Gasteiger partial charge in [-0.25, -0.2) is 0 Å². The number of halogens is 1. The fraction of sp³-hybridized carbons (Fsp3) is 0.625. The van der Waals surface area contributed by atoms with Gasteiger partial charge >= 0.3 is 0 Å². The van der Waals surface area contributed by atoms with E-state index in [0.29, 0.717) is 12.6 Å². The van der Waals surface area contributed by atoms with Gasteiger partial charge in [0.2, 0.25) is 0 Å². The van der Waals surface area contributed by atoms with Crippen LogP contribution in [0.3, 0.4) is 0 Å². The summed E-state index contributed by atoms with van der Waals surface area (Å²) in [6.45, 7) is 4.89. The van der Waals surface area contributed by atoms with E-state index in [1.54, 1.807) is 0 Å². The molecule has 3 nitrogen and oxygen atoms in total. The summed E-state index contributed by atoms with van der Waals surface area (Å²) < 4.78 is 0. The normalized spacial score (nSPS) is 14.6. The van der Waals surface area contributed by atoms with Gasteiger partial charge in [-0.05, 0) is 43.0 Å². The zero-order valence-corrected chi connectivity index (χ0v) is 13.0. The summed E-state index contributed by atoms with van der Waals surface area (Å²) in [6, 6.07) is 6.75. The number of nitrogens with one attached hydrogen (secondary N) is 1. The molecule has 0 unspecified atom stereocenters. The van der Waals surface area contributed by atoms with Crippen molar-refractivity contribution < 1.29 is 5.11 Å². The van der Waals surface area contributed by atoms with Crippen LogP contribution in [0, 0.1) is 0 Å². The third kappa shape index (κ3) is 4.65. The Balaban J connectivity index is 2.11. The largest absolute Gasteiger partial charge is 0.395 e. The van der Waals surface area contributed by atoms with Crippen molar-refractivity contribution in [3.05, 3.63) is 28.8 Å². The van der Waals surface area contributed by atoms with Gasteiger partial charge < -0.3 is 15.3 Å². The van der Waals surface area contributed by atoms with Crippen LogP contribution >= 0.6 is 11.6 Å². The Kier molecular flexibility index (Phi) is 6.14. The molecule has 1 aromatic carbocycles. The molecule has 0 radical (unpaired) electrons. The molecular formula is C16H25ClN2O. The highest BCUT2D eigenvalue weighted by Gasteiger charge is 2.21. The molecule has 0 saturated heterocycles. The number of unbranched alkanes of at least 4 members (excludes halogenated alkanes) is 1. The summed E-state index contributed by atoms with van der Waals surface area (Å²) in [5.41, 5.74) is 2.43.